The van der Waals surface area contributed by atoms with E-state index in [4.69, 9.17) is 4.42 Å². The van der Waals surface area contributed by atoms with E-state index < -0.39 is 0 Å². The fourth-order valence-electron chi connectivity index (χ4n) is 2.71. The largest absolute Gasteiger partial charge is 0.467 e. The number of rotatable bonds is 6. The predicted octanol–water partition coefficient (Wildman–Crippen LogP) is 1.38. The van der Waals surface area contributed by atoms with E-state index in [1.807, 2.05) is 18.2 Å². The van der Waals surface area contributed by atoms with Crippen molar-refractivity contribution >= 4 is 11.8 Å². The topological polar surface area (TPSA) is 75.4 Å². The Balaban J connectivity index is 1.46. The molecule has 120 valence electrons. The summed E-state index contributed by atoms with van der Waals surface area (Å²) in [6.07, 6.45) is 6.09. The molecule has 2 aromatic rings. The second-order valence-corrected chi connectivity index (χ2v) is 5.66. The van der Waals surface area contributed by atoms with Crippen LogP contribution in [0.5, 0.6) is 0 Å². The Labute approximate surface area is 134 Å². The number of pyridine rings is 1. The van der Waals surface area contributed by atoms with Crippen LogP contribution in [0.1, 0.15) is 17.7 Å². The van der Waals surface area contributed by atoms with Crippen LogP contribution in [0.15, 0.2) is 47.3 Å². The summed E-state index contributed by atoms with van der Waals surface area (Å²) in [7, 11) is 0. The van der Waals surface area contributed by atoms with Gasteiger partial charge < -0.3 is 14.6 Å². The Bertz CT molecular complexity index is 655. The summed E-state index contributed by atoms with van der Waals surface area (Å²) >= 11 is 0. The number of likely N-dealkylation sites (tertiary alicyclic amines) is 1. The fraction of sp³-hybridized carbons (Fsp3) is 0.353. The first kappa shape index (κ1) is 15.3. The molecule has 0 aliphatic carbocycles. The van der Waals surface area contributed by atoms with Crippen LogP contribution in [0.3, 0.4) is 0 Å². The lowest BCUT2D eigenvalue weighted by atomic mass is 10.1. The first-order chi connectivity index (χ1) is 11.2. The molecule has 1 atom stereocenters. The van der Waals surface area contributed by atoms with Crippen molar-refractivity contribution in [2.45, 2.75) is 19.4 Å². The standard InChI is InChI=1S/C17H19N3O3/c21-16-9-14(11-20(16)12-15-4-2-8-23-15)17(22)19-7-5-13-3-1-6-18-10-13/h1-4,6,8,10,14H,5,7,9,11-12H2,(H,19,22). The maximum Gasteiger partial charge on any atom is 0.225 e. The number of aromatic nitrogens is 1. The molecule has 3 heterocycles. The second kappa shape index (κ2) is 7.09. The average molecular weight is 313 g/mol. The number of nitrogens with one attached hydrogen (secondary N) is 1. The Hall–Kier alpha value is -2.63. The number of hydrogen-bond donors (Lipinski definition) is 1. The second-order valence-electron chi connectivity index (χ2n) is 5.66. The van der Waals surface area contributed by atoms with Crippen LogP contribution >= 0.6 is 0 Å². The summed E-state index contributed by atoms with van der Waals surface area (Å²) in [5, 5.41) is 2.90. The van der Waals surface area contributed by atoms with Gasteiger partial charge in [-0.05, 0) is 30.2 Å². The molecule has 1 aliphatic heterocycles. The number of carbonyl (C=O) groups excluding carboxylic acids is 2. The van der Waals surface area contributed by atoms with Crippen LogP contribution in [0.4, 0.5) is 0 Å². The molecule has 0 radical (unpaired) electrons. The van der Waals surface area contributed by atoms with E-state index in [9.17, 15) is 9.59 Å². The van der Waals surface area contributed by atoms with Crippen LogP contribution < -0.4 is 5.32 Å². The van der Waals surface area contributed by atoms with E-state index in [-0.39, 0.29) is 24.2 Å². The van der Waals surface area contributed by atoms with Crippen molar-refractivity contribution in [2.75, 3.05) is 13.1 Å². The summed E-state index contributed by atoms with van der Waals surface area (Å²) in [5.41, 5.74) is 1.08. The molecule has 0 aromatic carbocycles. The highest BCUT2D eigenvalue weighted by atomic mass is 16.3. The molecule has 1 fully saturated rings. The van der Waals surface area contributed by atoms with Crippen molar-refractivity contribution < 1.29 is 14.0 Å². The van der Waals surface area contributed by atoms with Crippen LogP contribution in [-0.2, 0) is 22.6 Å². The van der Waals surface area contributed by atoms with Crippen molar-refractivity contribution in [1.82, 2.24) is 15.2 Å². The van der Waals surface area contributed by atoms with Gasteiger partial charge in [0.2, 0.25) is 11.8 Å². The first-order valence-corrected chi connectivity index (χ1v) is 7.69. The molecule has 1 saturated heterocycles. The normalized spacial score (nSPS) is 17.5. The van der Waals surface area contributed by atoms with Gasteiger partial charge in [-0.1, -0.05) is 6.07 Å². The minimum Gasteiger partial charge on any atom is -0.467 e. The number of hydrogen-bond acceptors (Lipinski definition) is 4. The minimum absolute atomic E-state index is 0.00573. The molecule has 23 heavy (non-hydrogen) atoms. The van der Waals surface area contributed by atoms with Crippen molar-refractivity contribution in [3.63, 3.8) is 0 Å². The van der Waals surface area contributed by atoms with Crippen LogP contribution in [0.2, 0.25) is 0 Å². The number of nitrogens with zero attached hydrogens (tertiary/aromatic N) is 2. The molecule has 0 spiro atoms. The van der Waals surface area contributed by atoms with Crippen molar-refractivity contribution in [3.8, 4) is 0 Å². The van der Waals surface area contributed by atoms with Crippen molar-refractivity contribution in [3.05, 3.63) is 54.2 Å². The van der Waals surface area contributed by atoms with Gasteiger partial charge in [0.1, 0.15) is 5.76 Å². The lowest BCUT2D eigenvalue weighted by Crippen LogP contribution is -2.34. The summed E-state index contributed by atoms with van der Waals surface area (Å²) in [6, 6.07) is 7.47. The number of amides is 2. The third kappa shape index (κ3) is 3.97. The highest BCUT2D eigenvalue weighted by molar-refractivity contribution is 5.89. The molecule has 2 amide bonds. The van der Waals surface area contributed by atoms with Gasteiger partial charge in [0.05, 0.1) is 18.7 Å². The van der Waals surface area contributed by atoms with Gasteiger partial charge in [-0.15, -0.1) is 0 Å². The quantitative estimate of drug-likeness (QED) is 0.874. The molecule has 6 heteroatoms. The van der Waals surface area contributed by atoms with E-state index in [1.165, 1.54) is 0 Å². The fourth-order valence-corrected chi connectivity index (χ4v) is 2.71. The maximum absolute atomic E-state index is 12.2. The third-order valence-corrected chi connectivity index (χ3v) is 3.95. The number of carbonyl (C=O) groups is 2. The molecular formula is C17H19N3O3. The van der Waals surface area contributed by atoms with E-state index >= 15 is 0 Å². The molecule has 3 rings (SSSR count). The van der Waals surface area contributed by atoms with Crippen LogP contribution in [0, 0.1) is 5.92 Å². The van der Waals surface area contributed by atoms with E-state index in [0.717, 1.165) is 17.7 Å². The highest BCUT2D eigenvalue weighted by Crippen LogP contribution is 2.20. The Morgan fingerprint density at radius 3 is 3.04 bits per heavy atom. The molecule has 2 aromatic heterocycles. The summed E-state index contributed by atoms with van der Waals surface area (Å²) in [4.78, 5) is 29.9. The summed E-state index contributed by atoms with van der Waals surface area (Å²) < 4.78 is 5.25. The molecular weight excluding hydrogens is 294 g/mol. The van der Waals surface area contributed by atoms with E-state index in [0.29, 0.717) is 19.6 Å². The first-order valence-electron chi connectivity index (χ1n) is 7.69. The Morgan fingerprint density at radius 1 is 1.39 bits per heavy atom. The molecule has 1 N–H and O–H groups in total. The maximum atomic E-state index is 12.2. The van der Waals surface area contributed by atoms with Crippen LogP contribution in [-0.4, -0.2) is 34.8 Å². The summed E-state index contributed by atoms with van der Waals surface area (Å²) in [6.45, 7) is 1.41. The van der Waals surface area contributed by atoms with Gasteiger partial charge >= 0.3 is 0 Å². The zero-order valence-electron chi connectivity index (χ0n) is 12.8. The number of furan rings is 1. The van der Waals surface area contributed by atoms with Crippen molar-refractivity contribution in [1.29, 1.82) is 0 Å². The zero-order valence-corrected chi connectivity index (χ0v) is 12.8. The van der Waals surface area contributed by atoms with Crippen LogP contribution in [0.25, 0.3) is 0 Å². The van der Waals surface area contributed by atoms with Gasteiger partial charge in [0.15, 0.2) is 0 Å². The zero-order chi connectivity index (χ0) is 16.1. The molecule has 0 bridgehead atoms. The lowest BCUT2D eigenvalue weighted by Gasteiger charge is -2.15. The molecule has 0 saturated carbocycles. The Morgan fingerprint density at radius 2 is 2.30 bits per heavy atom. The Kier molecular flexibility index (Phi) is 4.71. The minimum atomic E-state index is -0.286. The lowest BCUT2D eigenvalue weighted by molar-refractivity contribution is -0.129. The van der Waals surface area contributed by atoms with Gasteiger partial charge in [0, 0.05) is 31.9 Å². The van der Waals surface area contributed by atoms with Gasteiger partial charge in [-0.3, -0.25) is 14.6 Å². The molecule has 1 aliphatic rings. The van der Waals surface area contributed by atoms with Crippen molar-refractivity contribution in [2.24, 2.45) is 5.92 Å². The van der Waals surface area contributed by atoms with Gasteiger partial charge in [-0.25, -0.2) is 0 Å². The highest BCUT2D eigenvalue weighted by Gasteiger charge is 2.34. The third-order valence-electron chi connectivity index (χ3n) is 3.95. The van der Waals surface area contributed by atoms with E-state index in [2.05, 4.69) is 10.3 Å². The van der Waals surface area contributed by atoms with Gasteiger partial charge in [-0.2, -0.15) is 0 Å². The summed E-state index contributed by atoms with van der Waals surface area (Å²) in [5.74, 6) is 0.375. The van der Waals surface area contributed by atoms with Gasteiger partial charge in [0.25, 0.3) is 0 Å². The smallest absolute Gasteiger partial charge is 0.225 e. The monoisotopic (exact) mass is 313 g/mol. The SMILES string of the molecule is O=C(NCCc1cccnc1)C1CC(=O)N(Cc2ccco2)C1. The predicted molar refractivity (Wildman–Crippen MR) is 83.2 cm³/mol. The van der Waals surface area contributed by atoms with E-state index in [1.54, 1.807) is 29.6 Å². The molecule has 1 unspecified atom stereocenters. The molecule has 6 nitrogen and oxygen atoms in total. The average Bonchev–Trinajstić information content (AvgIpc) is 3.19.